The number of piperidine rings is 2. The number of ether oxygens (including phenoxy) is 3. The van der Waals surface area contributed by atoms with Crippen LogP contribution < -0.4 is 9.47 Å². The van der Waals surface area contributed by atoms with Gasteiger partial charge in [-0.05, 0) is 109 Å². The fourth-order valence-corrected chi connectivity index (χ4v) is 8.29. The molecule has 0 amide bonds. The molecule has 4 atom stereocenters. The molecule has 0 N–H and O–H groups in total. The lowest BCUT2D eigenvalue weighted by Crippen LogP contribution is -2.40. The van der Waals surface area contributed by atoms with Gasteiger partial charge in [-0.1, -0.05) is 36.4 Å². The van der Waals surface area contributed by atoms with Crippen LogP contribution in [0.5, 0.6) is 11.5 Å². The molecule has 4 aromatic carbocycles. The molecular formula is C41H48N2O5. The number of methoxy groups -OCH3 is 3. The average molecular weight is 649 g/mol. The lowest BCUT2D eigenvalue weighted by molar-refractivity contribution is 0.0767. The van der Waals surface area contributed by atoms with Crippen LogP contribution in [0.15, 0.2) is 66.7 Å². The number of rotatable bonds is 12. The van der Waals surface area contributed by atoms with Crippen LogP contribution in [0.1, 0.15) is 64.3 Å². The third-order valence-electron chi connectivity index (χ3n) is 11.0. The van der Waals surface area contributed by atoms with E-state index in [4.69, 9.17) is 14.2 Å². The predicted octanol–water partition coefficient (Wildman–Crippen LogP) is 7.25. The largest absolute Gasteiger partial charge is 0.497 e. The molecule has 2 aliphatic heterocycles. The first-order chi connectivity index (χ1) is 23.4. The van der Waals surface area contributed by atoms with Crippen molar-refractivity contribution in [3.05, 3.63) is 83.4 Å². The highest BCUT2D eigenvalue weighted by Crippen LogP contribution is 2.53. The van der Waals surface area contributed by atoms with Crippen LogP contribution >= 0.6 is 0 Å². The molecule has 2 saturated heterocycles. The highest BCUT2D eigenvalue weighted by atomic mass is 16.5. The van der Waals surface area contributed by atoms with Gasteiger partial charge in [0, 0.05) is 61.8 Å². The Morgan fingerprint density at radius 1 is 0.729 bits per heavy atom. The molecule has 252 valence electrons. The van der Waals surface area contributed by atoms with Crippen LogP contribution in [0.3, 0.4) is 0 Å². The van der Waals surface area contributed by atoms with Gasteiger partial charge in [0.1, 0.15) is 11.5 Å². The molecule has 0 spiro atoms. The van der Waals surface area contributed by atoms with Gasteiger partial charge in [-0.25, -0.2) is 0 Å². The molecule has 1 aliphatic carbocycles. The standard InChI is InChI=1S/C41H48N2O5/c1-46-19-18-42-16-4-6-32(24-42)41(45)31-11-14-36-29(21-31)12-15-38(48-3)39(36)37-23-34(37)26-43-17-5-7-33(25-43)40(44)30-9-8-28-22-35(47-2)13-10-27(28)20-30/h8-15,20-22,32-34,37H,4-7,16-19,23-26H2,1-3H3. The summed E-state index contributed by atoms with van der Waals surface area (Å²) in [6, 6.07) is 22.5. The Kier molecular flexibility index (Phi) is 9.81. The first kappa shape index (κ1) is 32.8. The van der Waals surface area contributed by atoms with Gasteiger partial charge >= 0.3 is 0 Å². The molecule has 2 heterocycles. The van der Waals surface area contributed by atoms with Crippen molar-refractivity contribution in [2.75, 3.05) is 67.2 Å². The predicted molar refractivity (Wildman–Crippen MR) is 191 cm³/mol. The van der Waals surface area contributed by atoms with Crippen molar-refractivity contribution < 1.29 is 23.8 Å². The normalized spacial score (nSPS) is 23.3. The number of likely N-dealkylation sites (tertiary alicyclic amines) is 2. The van der Waals surface area contributed by atoms with Crippen LogP contribution in [0.4, 0.5) is 0 Å². The van der Waals surface area contributed by atoms with Crippen LogP contribution in [0.2, 0.25) is 0 Å². The van der Waals surface area contributed by atoms with Gasteiger partial charge in [0.05, 0.1) is 20.8 Å². The topological polar surface area (TPSA) is 68.3 Å². The van der Waals surface area contributed by atoms with E-state index in [0.29, 0.717) is 18.4 Å². The molecule has 0 radical (unpaired) electrons. The first-order valence-electron chi connectivity index (χ1n) is 17.7. The fraction of sp³-hybridized carbons (Fsp3) is 0.463. The molecule has 4 unspecified atom stereocenters. The third-order valence-corrected chi connectivity index (χ3v) is 11.0. The second-order valence-corrected chi connectivity index (χ2v) is 14.1. The smallest absolute Gasteiger partial charge is 0.167 e. The summed E-state index contributed by atoms with van der Waals surface area (Å²) in [7, 11) is 5.15. The zero-order valence-corrected chi connectivity index (χ0v) is 28.6. The van der Waals surface area contributed by atoms with Gasteiger partial charge in [0.25, 0.3) is 0 Å². The fourth-order valence-electron chi connectivity index (χ4n) is 8.29. The maximum Gasteiger partial charge on any atom is 0.167 e. The van der Waals surface area contributed by atoms with E-state index in [1.807, 2.05) is 42.5 Å². The third kappa shape index (κ3) is 6.87. The number of carbonyl (C=O) groups is 2. The van der Waals surface area contributed by atoms with Gasteiger partial charge in [-0.15, -0.1) is 0 Å². The second-order valence-electron chi connectivity index (χ2n) is 14.1. The molecule has 1 saturated carbocycles. The number of ketones is 2. The molecule has 0 bridgehead atoms. The van der Waals surface area contributed by atoms with Gasteiger partial charge in [-0.3, -0.25) is 9.59 Å². The van der Waals surface area contributed by atoms with Gasteiger partial charge in [-0.2, -0.15) is 0 Å². The summed E-state index contributed by atoms with van der Waals surface area (Å²) >= 11 is 0. The van der Waals surface area contributed by atoms with E-state index in [1.54, 1.807) is 21.3 Å². The summed E-state index contributed by atoms with van der Waals surface area (Å²) in [5.41, 5.74) is 2.87. The summed E-state index contributed by atoms with van der Waals surface area (Å²) in [6.07, 6.45) is 5.08. The molecule has 7 rings (SSSR count). The van der Waals surface area contributed by atoms with E-state index < -0.39 is 0 Å². The monoisotopic (exact) mass is 648 g/mol. The van der Waals surface area contributed by atoms with Gasteiger partial charge < -0.3 is 24.0 Å². The van der Waals surface area contributed by atoms with Crippen molar-refractivity contribution in [1.29, 1.82) is 0 Å². The molecule has 7 nitrogen and oxygen atoms in total. The highest BCUT2D eigenvalue weighted by Gasteiger charge is 2.43. The van der Waals surface area contributed by atoms with Crippen LogP contribution in [0.25, 0.3) is 21.5 Å². The molecular weight excluding hydrogens is 600 g/mol. The van der Waals surface area contributed by atoms with E-state index in [1.165, 1.54) is 10.9 Å². The number of hydrogen-bond donors (Lipinski definition) is 0. The minimum absolute atomic E-state index is 0.0194. The maximum atomic E-state index is 13.7. The molecule has 7 heteroatoms. The molecule has 3 aliphatic rings. The molecule has 0 aromatic heterocycles. The summed E-state index contributed by atoms with van der Waals surface area (Å²) in [4.78, 5) is 32.2. The lowest BCUT2D eigenvalue weighted by atomic mass is 9.88. The van der Waals surface area contributed by atoms with Crippen molar-refractivity contribution in [2.24, 2.45) is 17.8 Å². The Hall–Kier alpha value is -3.78. The van der Waals surface area contributed by atoms with Crippen LogP contribution in [-0.4, -0.2) is 88.6 Å². The Labute approximate surface area is 284 Å². The zero-order chi connectivity index (χ0) is 33.2. The van der Waals surface area contributed by atoms with Crippen molar-refractivity contribution >= 4 is 33.1 Å². The number of Topliss-reactive ketones (excluding diaryl/α,β-unsaturated/α-hetero) is 2. The SMILES string of the molecule is COCCN1CCCC(C(=O)c2ccc3c(C4CC4CN4CCCC(C(=O)c5ccc6cc(OC)ccc6c5)C4)c(OC)ccc3c2)C1. The van der Waals surface area contributed by atoms with Crippen molar-refractivity contribution in [2.45, 2.75) is 38.0 Å². The van der Waals surface area contributed by atoms with E-state index in [-0.39, 0.29) is 23.4 Å². The Bertz CT molecular complexity index is 1800. The van der Waals surface area contributed by atoms with Gasteiger partial charge in [0.2, 0.25) is 0 Å². The molecule has 4 aromatic rings. The van der Waals surface area contributed by atoms with E-state index in [9.17, 15) is 9.59 Å². The number of nitrogens with zero attached hydrogens (tertiary/aromatic N) is 2. The average Bonchev–Trinajstić information content (AvgIpc) is 3.90. The number of hydrogen-bond acceptors (Lipinski definition) is 7. The minimum atomic E-state index is 0.0194. The molecule has 48 heavy (non-hydrogen) atoms. The van der Waals surface area contributed by atoms with Crippen molar-refractivity contribution in [3.8, 4) is 11.5 Å². The summed E-state index contributed by atoms with van der Waals surface area (Å²) in [6.45, 7) is 6.24. The highest BCUT2D eigenvalue weighted by molar-refractivity contribution is 6.03. The number of benzene rings is 4. The van der Waals surface area contributed by atoms with E-state index in [2.05, 4.69) is 34.1 Å². The first-order valence-corrected chi connectivity index (χ1v) is 17.7. The van der Waals surface area contributed by atoms with Crippen LogP contribution in [0, 0.1) is 17.8 Å². The van der Waals surface area contributed by atoms with E-state index in [0.717, 1.165) is 110 Å². The number of fused-ring (bicyclic) bond motifs is 2. The second kappa shape index (κ2) is 14.4. The Balaban J connectivity index is 1.02. The van der Waals surface area contributed by atoms with Crippen molar-refractivity contribution in [3.63, 3.8) is 0 Å². The quantitative estimate of drug-likeness (QED) is 0.150. The zero-order valence-electron chi connectivity index (χ0n) is 28.6. The molecule has 3 fully saturated rings. The van der Waals surface area contributed by atoms with Gasteiger partial charge in [0.15, 0.2) is 11.6 Å². The van der Waals surface area contributed by atoms with Crippen LogP contribution in [-0.2, 0) is 4.74 Å². The van der Waals surface area contributed by atoms with Crippen molar-refractivity contribution in [1.82, 2.24) is 9.80 Å². The summed E-state index contributed by atoms with van der Waals surface area (Å²) < 4.78 is 16.5. The maximum absolute atomic E-state index is 13.7. The summed E-state index contributed by atoms with van der Waals surface area (Å²) in [5, 5.41) is 4.43. The van der Waals surface area contributed by atoms with E-state index >= 15 is 0 Å². The Morgan fingerprint density at radius 2 is 1.38 bits per heavy atom. The summed E-state index contributed by atoms with van der Waals surface area (Å²) in [5.74, 6) is 3.23. The number of carbonyl (C=O) groups excluding carboxylic acids is 2. The lowest BCUT2D eigenvalue weighted by Gasteiger charge is -2.32. The minimum Gasteiger partial charge on any atom is -0.497 e. The Morgan fingerprint density at radius 3 is 2.10 bits per heavy atom.